The number of thioether (sulfide) groups is 1. The van der Waals surface area contributed by atoms with Gasteiger partial charge in [0.05, 0.1) is 6.54 Å². The summed E-state index contributed by atoms with van der Waals surface area (Å²) < 4.78 is 5.11. The minimum Gasteiger partial charge on any atom is -0.385 e. The quantitative estimate of drug-likeness (QED) is 0.795. The monoisotopic (exact) mass is 271 g/mol. The average molecular weight is 271 g/mol. The summed E-state index contributed by atoms with van der Waals surface area (Å²) >= 11 is 1.85. The number of amidine groups is 1. The Labute approximate surface area is 115 Å². The maximum Gasteiger partial charge on any atom is 0.156 e. The summed E-state index contributed by atoms with van der Waals surface area (Å²) in [5.74, 6) is 1.13. The van der Waals surface area contributed by atoms with E-state index in [0.29, 0.717) is 12.1 Å². The molecule has 2 rings (SSSR count). The van der Waals surface area contributed by atoms with Crippen molar-refractivity contribution in [1.82, 2.24) is 10.2 Å². The van der Waals surface area contributed by atoms with E-state index in [1.54, 1.807) is 7.11 Å². The maximum atomic E-state index is 5.11. The highest BCUT2D eigenvalue weighted by atomic mass is 32.2. The Bertz CT molecular complexity index is 279. The van der Waals surface area contributed by atoms with Crippen molar-refractivity contribution >= 4 is 16.9 Å². The zero-order valence-corrected chi connectivity index (χ0v) is 12.3. The van der Waals surface area contributed by atoms with Gasteiger partial charge >= 0.3 is 0 Å². The zero-order chi connectivity index (χ0) is 12.8. The lowest BCUT2D eigenvalue weighted by Crippen LogP contribution is -2.33. The number of ether oxygens (including phenoxy) is 1. The summed E-state index contributed by atoms with van der Waals surface area (Å²) in [6.07, 6.45) is 3.78. The molecule has 2 atom stereocenters. The fraction of sp³-hybridized carbons (Fsp3) is 0.923. The van der Waals surface area contributed by atoms with Gasteiger partial charge in [0.15, 0.2) is 5.17 Å². The van der Waals surface area contributed by atoms with Crippen LogP contribution in [0.25, 0.3) is 0 Å². The van der Waals surface area contributed by atoms with E-state index in [1.165, 1.54) is 25.9 Å². The minimum absolute atomic E-state index is 0.538. The lowest BCUT2D eigenvalue weighted by atomic mass is 10.2. The van der Waals surface area contributed by atoms with Crippen molar-refractivity contribution in [2.45, 2.75) is 38.3 Å². The molecule has 2 fully saturated rings. The largest absolute Gasteiger partial charge is 0.385 e. The molecule has 5 heteroatoms. The van der Waals surface area contributed by atoms with E-state index in [9.17, 15) is 0 Å². The third-order valence-corrected chi connectivity index (χ3v) is 4.77. The van der Waals surface area contributed by atoms with E-state index in [2.05, 4.69) is 17.1 Å². The fourth-order valence-corrected chi connectivity index (χ4v) is 3.48. The molecule has 0 radical (unpaired) electrons. The van der Waals surface area contributed by atoms with Crippen LogP contribution in [-0.4, -0.2) is 61.3 Å². The molecule has 0 bridgehead atoms. The van der Waals surface area contributed by atoms with E-state index in [1.807, 2.05) is 11.8 Å². The molecule has 0 saturated carbocycles. The number of hydrogen-bond donors (Lipinski definition) is 1. The predicted molar refractivity (Wildman–Crippen MR) is 78.4 cm³/mol. The van der Waals surface area contributed by atoms with Crippen molar-refractivity contribution in [1.29, 1.82) is 0 Å². The number of nitrogens with one attached hydrogen (secondary N) is 1. The number of rotatable bonds is 6. The van der Waals surface area contributed by atoms with Crippen molar-refractivity contribution in [2.24, 2.45) is 4.99 Å². The SMILES string of the molecule is COCCC1CSC(=NCC(C)N2CCCC2)N1. The second-order valence-corrected chi connectivity index (χ2v) is 6.18. The Hall–Kier alpha value is -0.260. The molecule has 2 aliphatic rings. The summed E-state index contributed by atoms with van der Waals surface area (Å²) in [4.78, 5) is 7.26. The number of hydrogen-bond acceptors (Lipinski definition) is 4. The molecule has 104 valence electrons. The highest BCUT2D eigenvalue weighted by Gasteiger charge is 2.21. The third-order valence-electron chi connectivity index (χ3n) is 3.68. The summed E-state index contributed by atoms with van der Waals surface area (Å²) in [7, 11) is 1.76. The lowest BCUT2D eigenvalue weighted by molar-refractivity contribution is 0.188. The van der Waals surface area contributed by atoms with Crippen molar-refractivity contribution in [3.63, 3.8) is 0 Å². The van der Waals surface area contributed by atoms with Crippen molar-refractivity contribution in [3.8, 4) is 0 Å². The van der Waals surface area contributed by atoms with Gasteiger partial charge in [-0.1, -0.05) is 11.8 Å². The molecule has 4 nitrogen and oxygen atoms in total. The molecule has 2 heterocycles. The smallest absolute Gasteiger partial charge is 0.156 e. The Kier molecular flexibility index (Phi) is 5.79. The van der Waals surface area contributed by atoms with Gasteiger partial charge in [0, 0.05) is 31.6 Å². The van der Waals surface area contributed by atoms with E-state index >= 15 is 0 Å². The zero-order valence-electron chi connectivity index (χ0n) is 11.5. The van der Waals surface area contributed by atoms with Crippen LogP contribution < -0.4 is 5.32 Å². The topological polar surface area (TPSA) is 36.9 Å². The molecule has 18 heavy (non-hydrogen) atoms. The number of nitrogens with zero attached hydrogens (tertiary/aromatic N) is 2. The first-order chi connectivity index (χ1) is 8.79. The second kappa shape index (κ2) is 7.36. The van der Waals surface area contributed by atoms with Crippen LogP contribution in [0, 0.1) is 0 Å². The van der Waals surface area contributed by atoms with Crippen LogP contribution in [0.1, 0.15) is 26.2 Å². The van der Waals surface area contributed by atoms with Gasteiger partial charge in [0.1, 0.15) is 0 Å². The molecule has 2 unspecified atom stereocenters. The van der Waals surface area contributed by atoms with Gasteiger partial charge in [0.2, 0.25) is 0 Å². The van der Waals surface area contributed by atoms with Gasteiger partial charge in [-0.25, -0.2) is 0 Å². The first kappa shape index (κ1) is 14.2. The molecule has 2 saturated heterocycles. The van der Waals surface area contributed by atoms with Gasteiger partial charge in [0.25, 0.3) is 0 Å². The van der Waals surface area contributed by atoms with E-state index in [4.69, 9.17) is 9.73 Å². The Morgan fingerprint density at radius 1 is 1.50 bits per heavy atom. The molecule has 0 spiro atoms. The molecule has 1 N–H and O–H groups in total. The van der Waals surface area contributed by atoms with Crippen LogP contribution in [0.3, 0.4) is 0 Å². The van der Waals surface area contributed by atoms with Gasteiger partial charge in [-0.2, -0.15) is 0 Å². The Balaban J connectivity index is 1.70. The standard InChI is InChI=1S/C13H25N3OS/c1-11(16-6-3-4-7-16)9-14-13-15-12(10-18-13)5-8-17-2/h11-12H,3-10H2,1-2H3,(H,14,15). The second-order valence-electron chi connectivity index (χ2n) is 5.17. The summed E-state index contributed by atoms with van der Waals surface area (Å²) in [6.45, 7) is 6.55. The van der Waals surface area contributed by atoms with Gasteiger partial charge in [-0.05, 0) is 39.3 Å². The fourth-order valence-electron chi connectivity index (χ4n) is 2.46. The normalized spacial score (nSPS) is 28.8. The summed E-state index contributed by atoms with van der Waals surface area (Å²) in [6, 6.07) is 1.12. The van der Waals surface area contributed by atoms with Crippen LogP contribution in [0.4, 0.5) is 0 Å². The number of aliphatic imine (C=N–C) groups is 1. The van der Waals surface area contributed by atoms with E-state index in [-0.39, 0.29) is 0 Å². The van der Waals surface area contributed by atoms with Gasteiger partial charge in [-0.3, -0.25) is 9.89 Å². The highest BCUT2D eigenvalue weighted by Crippen LogP contribution is 2.17. The van der Waals surface area contributed by atoms with Crippen LogP contribution in [-0.2, 0) is 4.74 Å². The molecule has 0 aromatic rings. The van der Waals surface area contributed by atoms with E-state index < -0.39 is 0 Å². The van der Waals surface area contributed by atoms with Crippen molar-refractivity contribution in [2.75, 3.05) is 39.1 Å². The third kappa shape index (κ3) is 4.14. The summed E-state index contributed by atoms with van der Waals surface area (Å²) in [5.41, 5.74) is 0. The number of methoxy groups -OCH3 is 1. The molecule has 0 amide bonds. The molecular weight excluding hydrogens is 246 g/mol. The Morgan fingerprint density at radius 3 is 3.00 bits per heavy atom. The molecule has 0 aromatic heterocycles. The maximum absolute atomic E-state index is 5.11. The number of likely N-dealkylation sites (tertiary alicyclic amines) is 1. The highest BCUT2D eigenvalue weighted by molar-refractivity contribution is 8.14. The minimum atomic E-state index is 0.538. The van der Waals surface area contributed by atoms with Crippen LogP contribution in [0.15, 0.2) is 4.99 Å². The predicted octanol–water partition coefficient (Wildman–Crippen LogP) is 1.57. The first-order valence-corrected chi connectivity index (χ1v) is 7.95. The molecule has 2 aliphatic heterocycles. The van der Waals surface area contributed by atoms with E-state index in [0.717, 1.165) is 30.5 Å². The van der Waals surface area contributed by atoms with Crippen molar-refractivity contribution < 1.29 is 4.74 Å². The van der Waals surface area contributed by atoms with Crippen LogP contribution in [0.5, 0.6) is 0 Å². The lowest BCUT2D eigenvalue weighted by Gasteiger charge is -2.21. The molecule has 0 aromatic carbocycles. The van der Waals surface area contributed by atoms with Crippen LogP contribution in [0.2, 0.25) is 0 Å². The van der Waals surface area contributed by atoms with Crippen LogP contribution >= 0.6 is 11.8 Å². The van der Waals surface area contributed by atoms with Gasteiger partial charge < -0.3 is 10.1 Å². The first-order valence-electron chi connectivity index (χ1n) is 6.96. The molecule has 0 aliphatic carbocycles. The van der Waals surface area contributed by atoms with Gasteiger partial charge in [-0.15, -0.1) is 0 Å². The average Bonchev–Trinajstić information content (AvgIpc) is 3.04. The molecular formula is C13H25N3OS. The van der Waals surface area contributed by atoms with Crippen molar-refractivity contribution in [3.05, 3.63) is 0 Å². The Morgan fingerprint density at radius 2 is 2.28 bits per heavy atom. The summed E-state index contributed by atoms with van der Waals surface area (Å²) in [5, 5.41) is 4.61.